The molecule has 0 amide bonds. The Balaban J connectivity index is 0.00000176. The third-order valence-corrected chi connectivity index (χ3v) is 3.35. The van der Waals surface area contributed by atoms with Crippen LogP contribution in [-0.4, -0.2) is 10.8 Å². The van der Waals surface area contributed by atoms with E-state index in [-0.39, 0.29) is 29.3 Å². The van der Waals surface area contributed by atoms with E-state index in [4.69, 9.17) is 5.73 Å². The highest BCUT2D eigenvalue weighted by atomic mass is 79.9. The van der Waals surface area contributed by atoms with Crippen LogP contribution in [0.2, 0.25) is 0 Å². The van der Waals surface area contributed by atoms with Crippen molar-refractivity contribution in [2.45, 2.75) is 6.54 Å². The van der Waals surface area contributed by atoms with Gasteiger partial charge in [0.25, 0.3) is 0 Å². The van der Waals surface area contributed by atoms with E-state index in [2.05, 4.69) is 4.98 Å². The molecule has 5 heteroatoms. The summed E-state index contributed by atoms with van der Waals surface area (Å²) in [6, 6.07) is 19.1. The molecule has 112 valence electrons. The molecule has 1 aromatic heterocycles. The first-order valence-corrected chi connectivity index (χ1v) is 6.75. The zero-order valence-corrected chi connectivity index (χ0v) is 13.5. The van der Waals surface area contributed by atoms with Crippen molar-refractivity contribution in [3.63, 3.8) is 0 Å². The molecule has 0 spiro atoms. The molecule has 3 N–H and O–H groups in total. The molecular formula is C17H16BrN3O. The van der Waals surface area contributed by atoms with Crippen LogP contribution in [0.3, 0.4) is 0 Å². The molecule has 0 bridgehead atoms. The summed E-state index contributed by atoms with van der Waals surface area (Å²) >= 11 is 0. The number of hydrogen-bond donors (Lipinski definition) is 2. The van der Waals surface area contributed by atoms with Gasteiger partial charge in [0.2, 0.25) is 0 Å². The fraction of sp³-hybridized carbons (Fsp3) is 0.0588. The van der Waals surface area contributed by atoms with E-state index in [0.717, 1.165) is 11.3 Å². The molecule has 0 atom stereocenters. The van der Waals surface area contributed by atoms with Gasteiger partial charge in [-0.05, 0) is 0 Å². The average Bonchev–Trinajstić information content (AvgIpc) is 2.90. The Hall–Kier alpha value is -2.40. The number of rotatable bonds is 4. The fourth-order valence-electron chi connectivity index (χ4n) is 2.23. The van der Waals surface area contributed by atoms with Gasteiger partial charge in [0.05, 0.1) is 0 Å². The quantitative estimate of drug-likeness (QED) is 0.485. The summed E-state index contributed by atoms with van der Waals surface area (Å²) in [5, 5.41) is 0. The van der Waals surface area contributed by atoms with E-state index in [1.54, 1.807) is 4.57 Å². The molecule has 0 radical (unpaired) electrons. The van der Waals surface area contributed by atoms with Gasteiger partial charge in [0.1, 0.15) is 18.4 Å². The monoisotopic (exact) mass is 357 g/mol. The second-order valence-corrected chi connectivity index (χ2v) is 4.84. The second-order valence-electron chi connectivity index (χ2n) is 4.84. The Bertz CT molecular complexity index is 754. The number of ketones is 1. The second kappa shape index (κ2) is 7.04. The molecule has 0 aliphatic heterocycles. The molecule has 3 rings (SSSR count). The first-order valence-electron chi connectivity index (χ1n) is 6.75. The van der Waals surface area contributed by atoms with Crippen LogP contribution in [0.5, 0.6) is 0 Å². The molecule has 0 saturated heterocycles. The lowest BCUT2D eigenvalue weighted by Crippen LogP contribution is -3.00. The molecule has 0 saturated carbocycles. The van der Waals surface area contributed by atoms with Gasteiger partial charge < -0.3 is 17.0 Å². The Labute approximate surface area is 139 Å². The highest BCUT2D eigenvalue weighted by Crippen LogP contribution is 2.16. The Morgan fingerprint density at radius 3 is 2.23 bits per heavy atom. The third kappa shape index (κ3) is 3.43. The highest BCUT2D eigenvalue weighted by molar-refractivity contribution is 5.95. The maximum atomic E-state index is 12.2. The van der Waals surface area contributed by atoms with Gasteiger partial charge in [-0.25, -0.2) is 9.55 Å². The zero-order valence-electron chi connectivity index (χ0n) is 11.9. The number of carbonyl (C=O) groups excluding carboxylic acids is 1. The van der Waals surface area contributed by atoms with E-state index in [9.17, 15) is 4.79 Å². The van der Waals surface area contributed by atoms with Crippen LogP contribution in [0.4, 0.5) is 5.95 Å². The van der Waals surface area contributed by atoms with Crippen LogP contribution in [0.1, 0.15) is 10.4 Å². The summed E-state index contributed by atoms with van der Waals surface area (Å²) in [6.07, 6.45) is 1.87. The molecule has 0 fully saturated rings. The van der Waals surface area contributed by atoms with Crippen LogP contribution in [0, 0.1) is 0 Å². The highest BCUT2D eigenvalue weighted by Gasteiger charge is 2.16. The molecule has 22 heavy (non-hydrogen) atoms. The van der Waals surface area contributed by atoms with Crippen molar-refractivity contribution in [2.24, 2.45) is 0 Å². The molecule has 1 heterocycles. The summed E-state index contributed by atoms with van der Waals surface area (Å²) in [5.41, 5.74) is 8.58. The van der Waals surface area contributed by atoms with Crippen LogP contribution < -0.4 is 27.3 Å². The fourth-order valence-corrected chi connectivity index (χ4v) is 2.23. The minimum atomic E-state index is 0. The zero-order chi connectivity index (χ0) is 14.7. The van der Waals surface area contributed by atoms with Gasteiger partial charge in [-0.3, -0.25) is 10.5 Å². The summed E-state index contributed by atoms with van der Waals surface area (Å²) in [6.45, 7) is 0.221. The number of anilines is 1. The normalized spacial score (nSPS) is 10.0. The Morgan fingerprint density at radius 1 is 1.00 bits per heavy atom. The summed E-state index contributed by atoms with van der Waals surface area (Å²) in [7, 11) is 0. The number of hydrogen-bond acceptors (Lipinski definition) is 2. The van der Waals surface area contributed by atoms with E-state index in [0.29, 0.717) is 11.5 Å². The lowest BCUT2D eigenvalue weighted by atomic mass is 10.1. The number of nitrogens with zero attached hydrogens (tertiary/aromatic N) is 1. The summed E-state index contributed by atoms with van der Waals surface area (Å²) < 4.78 is 1.73. The first-order chi connectivity index (χ1) is 10.2. The van der Waals surface area contributed by atoms with E-state index < -0.39 is 0 Å². The van der Waals surface area contributed by atoms with Crippen molar-refractivity contribution in [2.75, 3.05) is 5.73 Å². The maximum Gasteiger partial charge on any atom is 0.353 e. The number of aromatic nitrogens is 2. The van der Waals surface area contributed by atoms with Crippen molar-refractivity contribution in [1.82, 2.24) is 4.98 Å². The van der Waals surface area contributed by atoms with Crippen LogP contribution >= 0.6 is 0 Å². The number of benzene rings is 2. The predicted molar refractivity (Wildman–Crippen MR) is 81.6 cm³/mol. The third-order valence-electron chi connectivity index (χ3n) is 3.35. The largest absolute Gasteiger partial charge is 1.00 e. The number of nitrogen functional groups attached to an aromatic ring is 1. The lowest BCUT2D eigenvalue weighted by molar-refractivity contribution is -0.667. The number of nitrogens with one attached hydrogen (secondary N) is 1. The molecule has 0 aliphatic rings. The molecule has 0 unspecified atom stereocenters. The van der Waals surface area contributed by atoms with Gasteiger partial charge in [-0.15, -0.1) is 0 Å². The molecular weight excluding hydrogens is 342 g/mol. The van der Waals surface area contributed by atoms with Crippen LogP contribution in [0.15, 0.2) is 66.9 Å². The number of aromatic amines is 1. The number of imidazole rings is 1. The predicted octanol–water partition coefficient (Wildman–Crippen LogP) is -0.562. The van der Waals surface area contributed by atoms with Gasteiger partial charge in [-0.1, -0.05) is 60.7 Å². The molecule has 2 aromatic carbocycles. The van der Waals surface area contributed by atoms with E-state index in [1.165, 1.54) is 0 Å². The lowest BCUT2D eigenvalue weighted by Gasteiger charge is -1.99. The Kier molecular flexibility index (Phi) is 5.12. The topological polar surface area (TPSA) is 62.8 Å². The van der Waals surface area contributed by atoms with Crippen molar-refractivity contribution >= 4 is 11.7 Å². The van der Waals surface area contributed by atoms with Crippen molar-refractivity contribution in [1.29, 1.82) is 0 Å². The standard InChI is InChI=1S/C17H15N3O.BrH/c18-17-19-15(13-7-3-1-4-8-13)11-20(17)12-16(21)14-9-5-2-6-10-14;/h1-11H,12H2,(H2,18,19);1H. The number of nitrogens with two attached hydrogens (primary N) is 1. The minimum Gasteiger partial charge on any atom is -1.00 e. The first kappa shape index (κ1) is 16.0. The van der Waals surface area contributed by atoms with Gasteiger partial charge in [0.15, 0.2) is 5.78 Å². The van der Waals surface area contributed by atoms with E-state index in [1.807, 2.05) is 66.9 Å². The van der Waals surface area contributed by atoms with Crippen molar-refractivity contribution in [3.8, 4) is 11.3 Å². The number of carbonyl (C=O) groups is 1. The van der Waals surface area contributed by atoms with Gasteiger partial charge >= 0.3 is 5.95 Å². The van der Waals surface area contributed by atoms with E-state index >= 15 is 0 Å². The molecule has 3 aromatic rings. The molecule has 0 aliphatic carbocycles. The number of halogens is 1. The number of H-pyrrole nitrogens is 1. The molecule has 4 nitrogen and oxygen atoms in total. The van der Waals surface area contributed by atoms with Crippen molar-refractivity contribution in [3.05, 3.63) is 72.4 Å². The summed E-state index contributed by atoms with van der Waals surface area (Å²) in [4.78, 5) is 15.3. The SMILES string of the molecule is Nc1[nH]c(-c2ccccc2)c[n+]1CC(=O)c1ccccc1.[Br-]. The van der Waals surface area contributed by atoms with Crippen molar-refractivity contribution < 1.29 is 26.3 Å². The van der Waals surface area contributed by atoms with Gasteiger partial charge in [-0.2, -0.15) is 0 Å². The average molecular weight is 358 g/mol. The number of Topliss-reactive ketones (excluding diaryl/α,β-unsaturated/α-hetero) is 1. The minimum absolute atomic E-state index is 0. The Morgan fingerprint density at radius 2 is 1.59 bits per heavy atom. The van der Waals surface area contributed by atoms with Crippen LogP contribution in [-0.2, 0) is 6.54 Å². The summed E-state index contributed by atoms with van der Waals surface area (Å²) in [5.74, 6) is 0.504. The maximum absolute atomic E-state index is 12.2. The van der Waals surface area contributed by atoms with Gasteiger partial charge in [0, 0.05) is 11.1 Å². The smallest absolute Gasteiger partial charge is 0.353 e. The van der Waals surface area contributed by atoms with Crippen LogP contribution in [0.25, 0.3) is 11.3 Å².